The number of pyridine rings is 2. The smallest absolute Gasteiger partial charge is 0.323 e. The first-order chi connectivity index (χ1) is 25.5. The van der Waals surface area contributed by atoms with Crippen molar-refractivity contribution >= 4 is 23.9 Å². The zero-order valence-electron chi connectivity index (χ0n) is 34.8. The van der Waals surface area contributed by atoms with Crippen molar-refractivity contribution in [2.24, 2.45) is 11.8 Å². The average molecular weight is 795 g/mol. The summed E-state index contributed by atoms with van der Waals surface area (Å²) in [4.78, 5) is 60.4. The molecule has 0 radical (unpaired) electrons. The largest absolute Gasteiger partial charge is 0.480 e. The van der Waals surface area contributed by atoms with Crippen molar-refractivity contribution in [1.29, 1.82) is 0 Å². The molecule has 2 atom stereocenters. The van der Waals surface area contributed by atoms with E-state index in [-0.39, 0.29) is 70.1 Å². The van der Waals surface area contributed by atoms with Gasteiger partial charge in [-0.25, -0.2) is 0 Å². The lowest BCUT2D eigenvalue weighted by Gasteiger charge is -2.29. The predicted octanol–water partition coefficient (Wildman–Crippen LogP) is 7.94. The van der Waals surface area contributed by atoms with Gasteiger partial charge in [0.25, 0.3) is 0 Å². The third kappa shape index (κ3) is 20.4. The molecule has 57 heavy (non-hydrogen) atoms. The molecule has 2 heterocycles. The molecule has 0 saturated carbocycles. The van der Waals surface area contributed by atoms with E-state index in [1.165, 1.54) is 0 Å². The zero-order chi connectivity index (χ0) is 41.5. The van der Waals surface area contributed by atoms with E-state index in [1.807, 2.05) is 136 Å². The molecular weight excluding hydrogens is 725 g/mol. The minimum atomic E-state index is -0.837. The summed E-state index contributed by atoms with van der Waals surface area (Å²) >= 11 is 0. The summed E-state index contributed by atoms with van der Waals surface area (Å²) in [5, 5.41) is 9.36. The molecule has 0 spiro atoms. The van der Waals surface area contributed by atoms with Gasteiger partial charge in [0.1, 0.15) is 29.9 Å². The monoisotopic (exact) mass is 795 g/mol. The van der Waals surface area contributed by atoms with E-state index in [4.69, 9.17) is 14.2 Å². The topological polar surface area (TPSA) is 148 Å². The summed E-state index contributed by atoms with van der Waals surface area (Å²) in [6.45, 7) is 20.0. The van der Waals surface area contributed by atoms with Crippen LogP contribution in [0.25, 0.3) is 0 Å². The van der Waals surface area contributed by atoms with Crippen LogP contribution in [0.15, 0.2) is 67.0 Å². The number of rotatable bonds is 16. The molecular formula is C45H70N4O8. The van der Waals surface area contributed by atoms with E-state index in [2.05, 4.69) is 9.97 Å². The molecule has 0 bridgehead atoms. The van der Waals surface area contributed by atoms with Crippen LogP contribution < -0.4 is 0 Å². The summed E-state index contributed by atoms with van der Waals surface area (Å²) in [6, 6.07) is 16.1. The van der Waals surface area contributed by atoms with E-state index in [1.54, 1.807) is 24.3 Å². The Hall–Kier alpha value is -4.68. The first-order valence-corrected chi connectivity index (χ1v) is 18.7. The standard InChI is InChI=1S/C25H34N2O4.C18H28N2O4.2CH4/c1-18(2)23(24(29)30-17-19-10-8-7-9-11-19)27(6)16-20-12-13-26-21(14-20)15-22(28)31-25(3,4)5;1-12(2)16(17(22)23)20(6)11-13-7-8-19-14(9-13)10-15(21)24-18(3,4)5;;/h7-14,18,23H,15-17H2,1-6H3;7-9,12,16H,10-11H2,1-6H3,(H,22,23);2*1H4/t23-;16-;;/m00../s1. The Bertz CT molecular complexity index is 1680. The van der Waals surface area contributed by atoms with Crippen LogP contribution in [-0.2, 0) is 65.9 Å². The number of likely N-dealkylation sites (N-methyl/N-ethyl adjacent to an activating group) is 2. The molecule has 0 saturated heterocycles. The molecule has 0 unspecified atom stereocenters. The van der Waals surface area contributed by atoms with Crippen molar-refractivity contribution in [3.63, 3.8) is 0 Å². The Labute approximate surface area is 342 Å². The summed E-state index contributed by atoms with van der Waals surface area (Å²) in [7, 11) is 3.69. The highest BCUT2D eigenvalue weighted by Gasteiger charge is 2.29. The molecule has 318 valence electrons. The molecule has 0 aliphatic carbocycles. The van der Waals surface area contributed by atoms with Gasteiger partial charge in [-0.3, -0.25) is 38.9 Å². The van der Waals surface area contributed by atoms with Gasteiger partial charge in [0, 0.05) is 25.5 Å². The van der Waals surface area contributed by atoms with Gasteiger partial charge in [-0.2, -0.15) is 0 Å². The second kappa shape index (κ2) is 24.2. The van der Waals surface area contributed by atoms with Crippen molar-refractivity contribution in [2.45, 2.75) is 140 Å². The van der Waals surface area contributed by atoms with Gasteiger partial charge in [0.2, 0.25) is 0 Å². The molecule has 12 nitrogen and oxygen atoms in total. The Balaban J connectivity index is 0.00000110. The maximum Gasteiger partial charge on any atom is 0.323 e. The minimum Gasteiger partial charge on any atom is -0.480 e. The molecule has 0 aliphatic rings. The van der Waals surface area contributed by atoms with Crippen molar-refractivity contribution in [3.8, 4) is 0 Å². The van der Waals surface area contributed by atoms with E-state index in [0.717, 1.165) is 16.7 Å². The lowest BCUT2D eigenvalue weighted by molar-refractivity contribution is -0.155. The Morgan fingerprint density at radius 1 is 0.649 bits per heavy atom. The SMILES string of the molecule is C.C.CC(C)[C@@H](C(=O)O)N(C)Cc1ccnc(CC(=O)OC(C)(C)C)c1.CC(C)[C@@H](C(=O)OCc1ccccc1)N(C)Cc1ccnc(CC(=O)OC(C)(C)C)c1. The number of aliphatic carboxylic acids is 1. The molecule has 0 amide bonds. The fourth-order valence-corrected chi connectivity index (χ4v) is 6.03. The second-order valence-corrected chi connectivity index (χ2v) is 16.5. The Morgan fingerprint density at radius 2 is 1.05 bits per heavy atom. The van der Waals surface area contributed by atoms with Crippen LogP contribution in [0.2, 0.25) is 0 Å². The van der Waals surface area contributed by atoms with E-state index in [0.29, 0.717) is 24.5 Å². The second-order valence-electron chi connectivity index (χ2n) is 16.5. The van der Waals surface area contributed by atoms with Gasteiger partial charge in [-0.15, -0.1) is 0 Å². The molecule has 3 aromatic rings. The quantitative estimate of drug-likeness (QED) is 0.111. The molecule has 1 N–H and O–H groups in total. The number of hydrogen-bond acceptors (Lipinski definition) is 11. The highest BCUT2D eigenvalue weighted by atomic mass is 16.6. The average Bonchev–Trinajstić information content (AvgIpc) is 3.02. The van der Waals surface area contributed by atoms with Crippen LogP contribution in [0.1, 0.15) is 112 Å². The molecule has 0 fully saturated rings. The molecule has 2 aromatic heterocycles. The number of carboxylic acids is 1. The fourth-order valence-electron chi connectivity index (χ4n) is 6.03. The summed E-state index contributed by atoms with van der Waals surface area (Å²) < 4.78 is 16.3. The van der Waals surface area contributed by atoms with E-state index in [9.17, 15) is 24.3 Å². The predicted molar refractivity (Wildman–Crippen MR) is 225 cm³/mol. The first kappa shape index (κ1) is 52.3. The van der Waals surface area contributed by atoms with Crippen molar-refractivity contribution in [1.82, 2.24) is 19.8 Å². The van der Waals surface area contributed by atoms with Gasteiger partial charge in [-0.1, -0.05) is 72.9 Å². The van der Waals surface area contributed by atoms with Crippen LogP contribution in [0, 0.1) is 11.8 Å². The number of nitrogens with zero attached hydrogens (tertiary/aromatic N) is 4. The van der Waals surface area contributed by atoms with Crippen molar-refractivity contribution < 1.29 is 38.5 Å². The molecule has 3 rings (SSSR count). The maximum absolute atomic E-state index is 12.8. The molecule has 1 aromatic carbocycles. The van der Waals surface area contributed by atoms with Gasteiger partial charge in [0.05, 0.1) is 24.2 Å². The third-order valence-electron chi connectivity index (χ3n) is 8.05. The zero-order valence-corrected chi connectivity index (χ0v) is 34.8. The number of carbonyl (C=O) groups excluding carboxylic acids is 3. The lowest BCUT2D eigenvalue weighted by atomic mass is 10.0. The number of carboxylic acid groups (broad SMARTS) is 1. The van der Waals surface area contributed by atoms with Gasteiger partial charge in [0.15, 0.2) is 0 Å². The van der Waals surface area contributed by atoms with Crippen LogP contribution in [0.3, 0.4) is 0 Å². The highest BCUT2D eigenvalue weighted by Crippen LogP contribution is 2.18. The van der Waals surface area contributed by atoms with Gasteiger partial charge < -0.3 is 19.3 Å². The van der Waals surface area contributed by atoms with Crippen molar-refractivity contribution in [3.05, 3.63) is 95.1 Å². The lowest BCUT2D eigenvalue weighted by Crippen LogP contribution is -2.43. The summed E-state index contributed by atoms with van der Waals surface area (Å²) in [5.41, 5.74) is 3.05. The number of carbonyl (C=O) groups is 4. The Kier molecular flexibility index (Phi) is 22.2. The van der Waals surface area contributed by atoms with Gasteiger partial charge in [-0.05, 0) is 108 Å². The number of ether oxygens (including phenoxy) is 3. The van der Waals surface area contributed by atoms with E-state index >= 15 is 0 Å². The van der Waals surface area contributed by atoms with Crippen LogP contribution in [0.5, 0.6) is 0 Å². The number of hydrogen-bond donors (Lipinski definition) is 1. The summed E-state index contributed by atoms with van der Waals surface area (Å²) in [5.74, 6) is -1.65. The number of aromatic nitrogens is 2. The number of esters is 3. The van der Waals surface area contributed by atoms with E-state index < -0.39 is 23.2 Å². The summed E-state index contributed by atoms with van der Waals surface area (Å²) in [6.07, 6.45) is 3.53. The normalized spacial score (nSPS) is 12.4. The number of benzene rings is 1. The third-order valence-corrected chi connectivity index (χ3v) is 8.05. The Morgan fingerprint density at radius 3 is 1.42 bits per heavy atom. The van der Waals surface area contributed by atoms with Crippen LogP contribution in [-0.4, -0.2) is 86.1 Å². The van der Waals surface area contributed by atoms with Crippen molar-refractivity contribution in [2.75, 3.05) is 14.1 Å². The molecule has 0 aliphatic heterocycles. The minimum absolute atomic E-state index is 0. The fraction of sp³-hybridized carbons (Fsp3) is 0.556. The maximum atomic E-state index is 12.8. The first-order valence-electron chi connectivity index (χ1n) is 18.7. The molecule has 12 heteroatoms. The van der Waals surface area contributed by atoms with Crippen LogP contribution >= 0.6 is 0 Å². The van der Waals surface area contributed by atoms with Crippen LogP contribution in [0.4, 0.5) is 0 Å². The van der Waals surface area contributed by atoms with Gasteiger partial charge >= 0.3 is 23.9 Å². The highest BCUT2D eigenvalue weighted by molar-refractivity contribution is 5.76.